The van der Waals surface area contributed by atoms with Gasteiger partial charge in [-0.25, -0.2) is 13.1 Å². The van der Waals surface area contributed by atoms with E-state index in [1.54, 1.807) is 25.1 Å². The lowest BCUT2D eigenvalue weighted by Gasteiger charge is -2.21. The maximum atomic E-state index is 12.7. The first kappa shape index (κ1) is 18.1. The fraction of sp³-hybridized carbons (Fsp3) is 0.167. The van der Waals surface area contributed by atoms with Crippen molar-refractivity contribution in [3.05, 3.63) is 53.1 Å². The van der Waals surface area contributed by atoms with Crippen LogP contribution in [-0.2, 0) is 14.8 Å². The molecule has 2 aliphatic rings. The third kappa shape index (κ3) is 3.12. The SMILES string of the molecule is CC(NS(=O)(=O)c1ccc2c(c1)C(=O)NC2=O)c1ccc2c(c1)NC(=O)CO2. The molecule has 0 spiro atoms. The first-order chi connectivity index (χ1) is 13.2. The van der Waals surface area contributed by atoms with Crippen molar-refractivity contribution < 1.29 is 27.5 Å². The molecular formula is C18H15N3O6S. The summed E-state index contributed by atoms with van der Waals surface area (Å²) in [7, 11) is -3.96. The van der Waals surface area contributed by atoms with E-state index in [2.05, 4.69) is 15.4 Å². The van der Waals surface area contributed by atoms with Crippen LogP contribution in [0.2, 0.25) is 0 Å². The molecule has 9 nitrogen and oxygen atoms in total. The summed E-state index contributed by atoms with van der Waals surface area (Å²) in [5.74, 6) is -0.962. The van der Waals surface area contributed by atoms with Gasteiger partial charge in [0.15, 0.2) is 6.61 Å². The zero-order valence-electron chi connectivity index (χ0n) is 14.6. The molecular weight excluding hydrogens is 386 g/mol. The van der Waals surface area contributed by atoms with Gasteiger partial charge in [-0.2, -0.15) is 0 Å². The molecule has 144 valence electrons. The van der Waals surface area contributed by atoms with Crippen LogP contribution in [0, 0.1) is 0 Å². The molecule has 0 radical (unpaired) electrons. The quantitative estimate of drug-likeness (QED) is 0.654. The minimum Gasteiger partial charge on any atom is -0.482 e. The van der Waals surface area contributed by atoms with Crippen molar-refractivity contribution in [2.75, 3.05) is 11.9 Å². The van der Waals surface area contributed by atoms with Crippen LogP contribution in [0.5, 0.6) is 5.75 Å². The predicted molar refractivity (Wildman–Crippen MR) is 97.5 cm³/mol. The average Bonchev–Trinajstić information content (AvgIpc) is 2.94. The molecule has 3 amide bonds. The number of fused-ring (bicyclic) bond motifs is 2. The summed E-state index contributed by atoms with van der Waals surface area (Å²) in [6, 6.07) is 8.10. The van der Waals surface area contributed by atoms with E-state index in [4.69, 9.17) is 4.74 Å². The minimum atomic E-state index is -3.96. The fourth-order valence-corrected chi connectivity index (χ4v) is 4.31. The molecule has 28 heavy (non-hydrogen) atoms. The summed E-state index contributed by atoms with van der Waals surface area (Å²) in [5, 5.41) is 4.79. The summed E-state index contributed by atoms with van der Waals surface area (Å²) in [6.45, 7) is 1.58. The predicted octanol–water partition coefficient (Wildman–Crippen LogP) is 0.941. The number of carbonyl (C=O) groups excluding carboxylic acids is 3. The smallest absolute Gasteiger partial charge is 0.262 e. The largest absolute Gasteiger partial charge is 0.482 e. The second kappa shape index (κ2) is 6.43. The molecule has 0 fully saturated rings. The third-order valence-corrected chi connectivity index (χ3v) is 6.02. The van der Waals surface area contributed by atoms with Gasteiger partial charge in [0.25, 0.3) is 17.7 Å². The fourth-order valence-electron chi connectivity index (χ4n) is 3.05. The van der Waals surface area contributed by atoms with Crippen LogP contribution in [0.15, 0.2) is 41.3 Å². The highest BCUT2D eigenvalue weighted by molar-refractivity contribution is 7.89. The van der Waals surface area contributed by atoms with Crippen molar-refractivity contribution in [3.63, 3.8) is 0 Å². The summed E-state index contributed by atoms with van der Waals surface area (Å²) < 4.78 is 33.3. The molecule has 10 heteroatoms. The van der Waals surface area contributed by atoms with E-state index in [-0.39, 0.29) is 28.5 Å². The highest BCUT2D eigenvalue weighted by Crippen LogP contribution is 2.31. The number of rotatable bonds is 4. The molecule has 0 saturated heterocycles. The molecule has 1 atom stereocenters. The van der Waals surface area contributed by atoms with Crippen LogP contribution in [0.25, 0.3) is 0 Å². The van der Waals surface area contributed by atoms with Gasteiger partial charge in [-0.05, 0) is 42.8 Å². The Kier molecular flexibility index (Phi) is 4.16. The lowest BCUT2D eigenvalue weighted by Crippen LogP contribution is -2.28. The van der Waals surface area contributed by atoms with E-state index in [0.717, 1.165) is 0 Å². The maximum Gasteiger partial charge on any atom is 0.262 e. The molecule has 3 N–H and O–H groups in total. The number of sulfonamides is 1. The Balaban J connectivity index is 1.59. The topological polar surface area (TPSA) is 131 Å². The van der Waals surface area contributed by atoms with Crippen LogP contribution in [0.4, 0.5) is 5.69 Å². The molecule has 0 saturated carbocycles. The number of benzene rings is 2. The Labute approximate surface area is 160 Å². The van der Waals surface area contributed by atoms with Crippen LogP contribution in [0.1, 0.15) is 39.2 Å². The van der Waals surface area contributed by atoms with E-state index in [9.17, 15) is 22.8 Å². The van der Waals surface area contributed by atoms with E-state index in [1.807, 2.05) is 0 Å². The van der Waals surface area contributed by atoms with Gasteiger partial charge in [0.1, 0.15) is 5.75 Å². The van der Waals surface area contributed by atoms with Crippen molar-refractivity contribution in [1.82, 2.24) is 10.0 Å². The van der Waals surface area contributed by atoms with Gasteiger partial charge in [0.2, 0.25) is 10.0 Å². The molecule has 0 bridgehead atoms. The van der Waals surface area contributed by atoms with Gasteiger partial charge >= 0.3 is 0 Å². The molecule has 2 aliphatic heterocycles. The molecule has 2 aromatic carbocycles. The Hall–Kier alpha value is -3.24. The number of ether oxygens (including phenoxy) is 1. The van der Waals surface area contributed by atoms with Gasteiger partial charge in [0, 0.05) is 6.04 Å². The molecule has 2 heterocycles. The van der Waals surface area contributed by atoms with E-state index in [1.165, 1.54) is 18.2 Å². The van der Waals surface area contributed by atoms with Crippen LogP contribution >= 0.6 is 0 Å². The summed E-state index contributed by atoms with van der Waals surface area (Å²) in [6.07, 6.45) is 0. The second-order valence-electron chi connectivity index (χ2n) is 6.43. The van der Waals surface area contributed by atoms with Crippen molar-refractivity contribution in [3.8, 4) is 5.75 Å². The van der Waals surface area contributed by atoms with Crippen molar-refractivity contribution >= 4 is 33.4 Å². The van der Waals surface area contributed by atoms with Crippen molar-refractivity contribution in [2.45, 2.75) is 17.9 Å². The molecule has 0 aromatic heterocycles. The molecule has 0 aliphatic carbocycles. The van der Waals surface area contributed by atoms with E-state index < -0.39 is 27.9 Å². The Bertz CT molecular complexity index is 1140. The number of amides is 3. The zero-order valence-corrected chi connectivity index (χ0v) is 15.4. The van der Waals surface area contributed by atoms with E-state index >= 15 is 0 Å². The average molecular weight is 401 g/mol. The summed E-state index contributed by atoms with van der Waals surface area (Å²) in [5.41, 5.74) is 1.24. The number of hydrogen-bond acceptors (Lipinski definition) is 6. The van der Waals surface area contributed by atoms with Crippen LogP contribution in [0.3, 0.4) is 0 Å². The number of anilines is 1. The highest BCUT2D eigenvalue weighted by atomic mass is 32.2. The van der Waals surface area contributed by atoms with Crippen LogP contribution in [-0.4, -0.2) is 32.7 Å². The molecule has 2 aromatic rings. The third-order valence-electron chi connectivity index (χ3n) is 4.49. The van der Waals surface area contributed by atoms with Gasteiger partial charge in [-0.1, -0.05) is 6.07 Å². The van der Waals surface area contributed by atoms with Crippen molar-refractivity contribution in [1.29, 1.82) is 0 Å². The maximum absolute atomic E-state index is 12.7. The van der Waals surface area contributed by atoms with Crippen molar-refractivity contribution in [2.24, 2.45) is 0 Å². The standard InChI is InChI=1S/C18H15N3O6S/c1-9(10-2-5-15-14(6-10)19-16(22)8-27-15)21-28(25,26)11-3-4-12-13(7-11)18(24)20-17(12)23/h2-7,9,21H,8H2,1H3,(H,19,22)(H,20,23,24). The van der Waals surface area contributed by atoms with Gasteiger partial charge in [-0.15, -0.1) is 0 Å². The van der Waals surface area contributed by atoms with E-state index in [0.29, 0.717) is 17.0 Å². The number of nitrogens with one attached hydrogen (secondary N) is 3. The Morgan fingerprint density at radius 3 is 2.54 bits per heavy atom. The van der Waals surface area contributed by atoms with Crippen LogP contribution < -0.4 is 20.1 Å². The van der Waals surface area contributed by atoms with Gasteiger partial charge in [-0.3, -0.25) is 19.7 Å². The summed E-state index contributed by atoms with van der Waals surface area (Å²) in [4.78, 5) is 34.7. The highest BCUT2D eigenvalue weighted by Gasteiger charge is 2.29. The minimum absolute atomic E-state index is 0.0224. The first-order valence-electron chi connectivity index (χ1n) is 8.33. The molecule has 1 unspecified atom stereocenters. The van der Waals surface area contributed by atoms with Gasteiger partial charge in [0.05, 0.1) is 21.7 Å². The molecule has 4 rings (SSSR count). The lowest BCUT2D eigenvalue weighted by molar-refractivity contribution is -0.118. The normalized spacial score (nSPS) is 16.5. The number of imide groups is 1. The summed E-state index contributed by atoms with van der Waals surface area (Å²) >= 11 is 0. The Morgan fingerprint density at radius 2 is 1.75 bits per heavy atom. The zero-order chi connectivity index (χ0) is 20.1. The monoisotopic (exact) mass is 401 g/mol. The second-order valence-corrected chi connectivity index (χ2v) is 8.14. The number of carbonyl (C=O) groups is 3. The van der Waals surface area contributed by atoms with Gasteiger partial charge < -0.3 is 10.1 Å². The number of hydrogen-bond donors (Lipinski definition) is 3. The Morgan fingerprint density at radius 1 is 1.00 bits per heavy atom. The lowest BCUT2D eigenvalue weighted by atomic mass is 10.1. The first-order valence-corrected chi connectivity index (χ1v) is 9.81.